The molecule has 2 aliphatic carbocycles. The van der Waals surface area contributed by atoms with Gasteiger partial charge in [-0.1, -0.05) is 64.2 Å². The van der Waals surface area contributed by atoms with Crippen molar-refractivity contribution in [1.82, 2.24) is 5.32 Å². The minimum atomic E-state index is -0.713. The molecule has 3 amide bonds. The SMILES string of the molecule is NC(=O)NC(=O)C(CCC1CCCCC1)CCC1CCCCC1. The quantitative estimate of drug-likeness (QED) is 0.723. The molecular formula is C19H34N2O2. The molecule has 0 bridgehead atoms. The minimum absolute atomic E-state index is 0.0358. The van der Waals surface area contributed by atoms with Gasteiger partial charge in [0.15, 0.2) is 0 Å². The highest BCUT2D eigenvalue weighted by molar-refractivity contribution is 5.94. The lowest BCUT2D eigenvalue weighted by atomic mass is 9.80. The van der Waals surface area contributed by atoms with Crippen molar-refractivity contribution in [2.45, 2.75) is 89.9 Å². The second-order valence-electron chi connectivity index (χ2n) is 7.71. The molecule has 132 valence electrons. The van der Waals surface area contributed by atoms with Gasteiger partial charge in [0.1, 0.15) is 0 Å². The van der Waals surface area contributed by atoms with E-state index in [9.17, 15) is 9.59 Å². The molecule has 0 radical (unpaired) electrons. The van der Waals surface area contributed by atoms with Gasteiger partial charge in [0, 0.05) is 5.92 Å². The number of primary amides is 1. The molecule has 2 rings (SSSR count). The van der Waals surface area contributed by atoms with Crippen molar-refractivity contribution in [2.24, 2.45) is 23.5 Å². The van der Waals surface area contributed by atoms with Crippen molar-refractivity contribution in [3.8, 4) is 0 Å². The average Bonchev–Trinajstić information content (AvgIpc) is 2.56. The number of hydrogen-bond donors (Lipinski definition) is 2. The Bertz CT molecular complexity index is 350. The van der Waals surface area contributed by atoms with Gasteiger partial charge < -0.3 is 5.73 Å². The van der Waals surface area contributed by atoms with E-state index in [1.54, 1.807) is 0 Å². The van der Waals surface area contributed by atoms with Crippen molar-refractivity contribution in [1.29, 1.82) is 0 Å². The highest BCUT2D eigenvalue weighted by atomic mass is 16.2. The Balaban J connectivity index is 1.79. The molecule has 0 aromatic heterocycles. The highest BCUT2D eigenvalue weighted by Crippen LogP contribution is 2.32. The number of amides is 3. The third-order valence-electron chi connectivity index (χ3n) is 5.91. The fourth-order valence-electron chi connectivity index (χ4n) is 4.46. The first kappa shape index (κ1) is 18.3. The molecule has 4 nitrogen and oxygen atoms in total. The zero-order valence-electron chi connectivity index (χ0n) is 14.5. The topological polar surface area (TPSA) is 72.2 Å². The number of rotatable bonds is 7. The molecule has 3 N–H and O–H groups in total. The normalized spacial score (nSPS) is 20.6. The van der Waals surface area contributed by atoms with Crippen LogP contribution in [0, 0.1) is 17.8 Å². The van der Waals surface area contributed by atoms with Gasteiger partial charge in [0.25, 0.3) is 0 Å². The lowest BCUT2D eigenvalue weighted by Crippen LogP contribution is -2.39. The summed E-state index contributed by atoms with van der Waals surface area (Å²) >= 11 is 0. The summed E-state index contributed by atoms with van der Waals surface area (Å²) in [5.74, 6) is 1.38. The van der Waals surface area contributed by atoms with Crippen LogP contribution in [-0.2, 0) is 4.79 Å². The van der Waals surface area contributed by atoms with Crippen LogP contribution in [0.1, 0.15) is 89.9 Å². The second-order valence-corrected chi connectivity index (χ2v) is 7.71. The predicted molar refractivity (Wildman–Crippen MR) is 92.8 cm³/mol. The van der Waals surface area contributed by atoms with Crippen LogP contribution in [0.5, 0.6) is 0 Å². The summed E-state index contributed by atoms with van der Waals surface area (Å²) < 4.78 is 0. The summed E-state index contributed by atoms with van der Waals surface area (Å²) in [6.45, 7) is 0. The molecule has 0 unspecified atom stereocenters. The molecule has 4 heteroatoms. The Hall–Kier alpha value is -1.06. The van der Waals surface area contributed by atoms with E-state index in [0.29, 0.717) is 0 Å². The van der Waals surface area contributed by atoms with Gasteiger partial charge in [-0.3, -0.25) is 10.1 Å². The number of hydrogen-bond acceptors (Lipinski definition) is 2. The zero-order chi connectivity index (χ0) is 16.5. The van der Waals surface area contributed by atoms with E-state index < -0.39 is 6.03 Å². The Morgan fingerprint density at radius 3 is 1.65 bits per heavy atom. The van der Waals surface area contributed by atoms with E-state index in [1.807, 2.05) is 0 Å². The molecule has 2 fully saturated rings. The standard InChI is InChI=1S/C19H34N2O2/c20-19(23)21-18(22)17(13-11-15-7-3-1-4-8-15)14-12-16-9-5-2-6-10-16/h15-17H,1-14H2,(H3,20,21,22,23). The minimum Gasteiger partial charge on any atom is -0.351 e. The van der Waals surface area contributed by atoms with E-state index in [0.717, 1.165) is 37.5 Å². The maximum atomic E-state index is 12.3. The Labute approximate surface area is 141 Å². The molecule has 0 aliphatic heterocycles. The van der Waals surface area contributed by atoms with Crippen LogP contribution in [0.25, 0.3) is 0 Å². The maximum Gasteiger partial charge on any atom is 0.318 e. The Morgan fingerprint density at radius 2 is 1.26 bits per heavy atom. The molecule has 0 saturated heterocycles. The van der Waals surface area contributed by atoms with Gasteiger partial charge in [-0.05, 0) is 37.5 Å². The molecular weight excluding hydrogens is 288 g/mol. The molecule has 0 spiro atoms. The third kappa shape index (κ3) is 6.92. The van der Waals surface area contributed by atoms with Gasteiger partial charge in [-0.15, -0.1) is 0 Å². The Morgan fingerprint density at radius 1 is 0.826 bits per heavy atom. The summed E-state index contributed by atoms with van der Waals surface area (Å²) in [5.41, 5.74) is 5.14. The van der Waals surface area contributed by atoms with Crippen molar-refractivity contribution >= 4 is 11.9 Å². The van der Waals surface area contributed by atoms with Crippen LogP contribution in [0.2, 0.25) is 0 Å². The summed E-state index contributed by atoms with van der Waals surface area (Å²) in [4.78, 5) is 23.3. The molecule has 2 aliphatic rings. The van der Waals surface area contributed by atoms with Gasteiger partial charge >= 0.3 is 6.03 Å². The van der Waals surface area contributed by atoms with Crippen molar-refractivity contribution in [3.05, 3.63) is 0 Å². The molecule has 0 aromatic carbocycles. The number of carbonyl (C=O) groups is 2. The van der Waals surface area contributed by atoms with Crippen LogP contribution < -0.4 is 11.1 Å². The van der Waals surface area contributed by atoms with E-state index >= 15 is 0 Å². The summed E-state index contributed by atoms with van der Waals surface area (Å²) in [6, 6.07) is -0.713. The molecule has 0 heterocycles. The molecule has 0 atom stereocenters. The fraction of sp³-hybridized carbons (Fsp3) is 0.895. The predicted octanol–water partition coefficient (Wildman–Crippen LogP) is 4.52. The molecule has 2 saturated carbocycles. The first-order valence-electron chi connectivity index (χ1n) is 9.75. The molecule has 23 heavy (non-hydrogen) atoms. The van der Waals surface area contributed by atoms with Gasteiger partial charge in [-0.2, -0.15) is 0 Å². The van der Waals surface area contributed by atoms with E-state index in [4.69, 9.17) is 5.73 Å². The monoisotopic (exact) mass is 322 g/mol. The summed E-state index contributed by atoms with van der Waals surface area (Å²) in [7, 11) is 0. The van der Waals surface area contributed by atoms with Crippen molar-refractivity contribution in [3.63, 3.8) is 0 Å². The van der Waals surface area contributed by atoms with E-state index in [2.05, 4.69) is 5.32 Å². The first-order chi connectivity index (χ1) is 11.1. The lowest BCUT2D eigenvalue weighted by molar-refractivity contribution is -0.124. The Kier molecular flexibility index (Phi) is 7.90. The fourth-order valence-corrected chi connectivity index (χ4v) is 4.46. The van der Waals surface area contributed by atoms with Crippen LogP contribution in [0.15, 0.2) is 0 Å². The summed E-state index contributed by atoms with van der Waals surface area (Å²) in [6.07, 6.45) is 17.4. The maximum absolute atomic E-state index is 12.3. The van der Waals surface area contributed by atoms with Crippen LogP contribution in [-0.4, -0.2) is 11.9 Å². The van der Waals surface area contributed by atoms with Crippen LogP contribution in [0.4, 0.5) is 4.79 Å². The first-order valence-corrected chi connectivity index (χ1v) is 9.75. The van der Waals surface area contributed by atoms with Crippen molar-refractivity contribution in [2.75, 3.05) is 0 Å². The largest absolute Gasteiger partial charge is 0.351 e. The highest BCUT2D eigenvalue weighted by Gasteiger charge is 2.24. The van der Waals surface area contributed by atoms with Gasteiger partial charge in [-0.25, -0.2) is 4.79 Å². The second kappa shape index (κ2) is 9.94. The van der Waals surface area contributed by atoms with Gasteiger partial charge in [0.2, 0.25) is 5.91 Å². The number of nitrogens with two attached hydrogens (primary N) is 1. The van der Waals surface area contributed by atoms with Crippen LogP contribution >= 0.6 is 0 Å². The zero-order valence-corrected chi connectivity index (χ0v) is 14.5. The number of urea groups is 1. The van der Waals surface area contributed by atoms with E-state index in [1.165, 1.54) is 64.2 Å². The molecule has 0 aromatic rings. The number of carbonyl (C=O) groups excluding carboxylic acids is 2. The third-order valence-corrected chi connectivity index (χ3v) is 5.91. The smallest absolute Gasteiger partial charge is 0.318 e. The van der Waals surface area contributed by atoms with Crippen LogP contribution in [0.3, 0.4) is 0 Å². The van der Waals surface area contributed by atoms with Gasteiger partial charge in [0.05, 0.1) is 0 Å². The van der Waals surface area contributed by atoms with Crippen molar-refractivity contribution < 1.29 is 9.59 Å². The summed E-state index contributed by atoms with van der Waals surface area (Å²) in [5, 5.41) is 2.32. The number of imide groups is 1. The lowest BCUT2D eigenvalue weighted by Gasteiger charge is -2.26. The van der Waals surface area contributed by atoms with E-state index in [-0.39, 0.29) is 11.8 Å². The average molecular weight is 322 g/mol. The number of nitrogens with one attached hydrogen (secondary N) is 1.